The Morgan fingerprint density at radius 1 is 1.73 bits per heavy atom. The van der Waals surface area contributed by atoms with E-state index in [1.165, 1.54) is 0 Å². The summed E-state index contributed by atoms with van der Waals surface area (Å²) in [5.41, 5.74) is 0.371. The Morgan fingerprint density at radius 3 is 2.93 bits per heavy atom. The van der Waals surface area contributed by atoms with Gasteiger partial charge in [-0.05, 0) is 19.1 Å². The minimum absolute atomic E-state index is 0.371. The molecule has 0 unspecified atom stereocenters. The van der Waals surface area contributed by atoms with E-state index >= 15 is 0 Å². The number of carbonyl (C=O) groups is 1. The third kappa shape index (κ3) is 3.13. The van der Waals surface area contributed by atoms with Crippen molar-refractivity contribution in [1.82, 2.24) is 0 Å². The SMILES string of the molecule is C=CC[C@H](OC(=O)C(=C)C)c1ccco1. The van der Waals surface area contributed by atoms with Crippen molar-refractivity contribution in [3.05, 3.63) is 49.0 Å². The fourth-order valence-corrected chi connectivity index (χ4v) is 1.08. The molecule has 3 nitrogen and oxygen atoms in total. The van der Waals surface area contributed by atoms with Crippen LogP contribution in [0.3, 0.4) is 0 Å². The molecule has 0 saturated carbocycles. The van der Waals surface area contributed by atoms with Gasteiger partial charge in [-0.3, -0.25) is 0 Å². The second-order valence-electron chi connectivity index (χ2n) is 3.21. The van der Waals surface area contributed by atoms with Gasteiger partial charge in [0, 0.05) is 12.0 Å². The summed E-state index contributed by atoms with van der Waals surface area (Å²) >= 11 is 0. The molecular weight excluding hydrogens is 192 g/mol. The number of rotatable bonds is 5. The lowest BCUT2D eigenvalue weighted by molar-refractivity contribution is -0.145. The lowest BCUT2D eigenvalue weighted by atomic mass is 10.2. The van der Waals surface area contributed by atoms with Gasteiger partial charge in [-0.2, -0.15) is 0 Å². The fraction of sp³-hybridized carbons (Fsp3) is 0.250. The molecule has 0 spiro atoms. The van der Waals surface area contributed by atoms with E-state index in [4.69, 9.17) is 9.15 Å². The molecule has 0 saturated heterocycles. The summed E-state index contributed by atoms with van der Waals surface area (Å²) in [4.78, 5) is 11.3. The van der Waals surface area contributed by atoms with Gasteiger partial charge in [-0.15, -0.1) is 6.58 Å². The Hall–Kier alpha value is -1.77. The van der Waals surface area contributed by atoms with Gasteiger partial charge in [-0.1, -0.05) is 12.7 Å². The van der Waals surface area contributed by atoms with E-state index in [1.54, 1.807) is 31.4 Å². The van der Waals surface area contributed by atoms with Gasteiger partial charge in [-0.25, -0.2) is 4.79 Å². The van der Waals surface area contributed by atoms with Crippen LogP contribution in [-0.4, -0.2) is 5.97 Å². The predicted octanol–water partition coefficient (Wildman–Crippen LogP) is 3.02. The van der Waals surface area contributed by atoms with Crippen molar-refractivity contribution in [2.45, 2.75) is 19.4 Å². The van der Waals surface area contributed by atoms with Crippen LogP contribution in [0.15, 0.2) is 47.6 Å². The van der Waals surface area contributed by atoms with Crippen molar-refractivity contribution in [3.8, 4) is 0 Å². The highest BCUT2D eigenvalue weighted by molar-refractivity contribution is 5.87. The number of carbonyl (C=O) groups excluding carboxylic acids is 1. The van der Waals surface area contributed by atoms with Crippen LogP contribution >= 0.6 is 0 Å². The van der Waals surface area contributed by atoms with Gasteiger partial charge >= 0.3 is 5.97 Å². The molecule has 3 heteroatoms. The zero-order chi connectivity index (χ0) is 11.3. The van der Waals surface area contributed by atoms with E-state index in [1.807, 2.05) is 0 Å². The molecule has 0 radical (unpaired) electrons. The molecule has 1 aromatic heterocycles. The molecular formula is C12H14O3. The van der Waals surface area contributed by atoms with Crippen LogP contribution in [0.5, 0.6) is 0 Å². The van der Waals surface area contributed by atoms with Crippen LogP contribution in [0.25, 0.3) is 0 Å². The molecule has 0 aromatic carbocycles. The summed E-state index contributed by atoms with van der Waals surface area (Å²) < 4.78 is 10.4. The highest BCUT2D eigenvalue weighted by Gasteiger charge is 2.17. The molecule has 0 aliphatic carbocycles. The Kier molecular flexibility index (Phi) is 3.92. The topological polar surface area (TPSA) is 39.4 Å². The Bertz CT molecular complexity index is 349. The van der Waals surface area contributed by atoms with Crippen LogP contribution < -0.4 is 0 Å². The molecule has 1 aromatic rings. The van der Waals surface area contributed by atoms with Crippen LogP contribution in [0.1, 0.15) is 25.2 Å². The van der Waals surface area contributed by atoms with Gasteiger partial charge in [0.05, 0.1) is 6.26 Å². The van der Waals surface area contributed by atoms with E-state index in [0.717, 1.165) is 0 Å². The normalized spacial score (nSPS) is 11.8. The lowest BCUT2D eigenvalue weighted by Gasteiger charge is -2.13. The first kappa shape index (κ1) is 11.3. The Morgan fingerprint density at radius 2 is 2.47 bits per heavy atom. The van der Waals surface area contributed by atoms with Crippen LogP contribution in [0, 0.1) is 0 Å². The number of ether oxygens (including phenoxy) is 1. The molecule has 1 rings (SSSR count). The summed E-state index contributed by atoms with van der Waals surface area (Å²) in [6, 6.07) is 3.51. The van der Waals surface area contributed by atoms with Crippen LogP contribution in [0.4, 0.5) is 0 Å². The van der Waals surface area contributed by atoms with Gasteiger partial charge < -0.3 is 9.15 Å². The zero-order valence-corrected chi connectivity index (χ0v) is 8.73. The molecule has 0 aliphatic heterocycles. The maximum Gasteiger partial charge on any atom is 0.333 e. The van der Waals surface area contributed by atoms with Gasteiger partial charge in [0.1, 0.15) is 5.76 Å². The maximum atomic E-state index is 11.3. The molecule has 1 heterocycles. The number of hydrogen-bond donors (Lipinski definition) is 0. The lowest BCUT2D eigenvalue weighted by Crippen LogP contribution is -2.10. The quantitative estimate of drug-likeness (QED) is 0.422. The molecule has 0 amide bonds. The first-order chi connectivity index (χ1) is 7.15. The Labute approximate surface area is 89.0 Å². The maximum absolute atomic E-state index is 11.3. The summed E-state index contributed by atoms with van der Waals surface area (Å²) in [6.45, 7) is 8.73. The van der Waals surface area contributed by atoms with Crippen LogP contribution in [0.2, 0.25) is 0 Å². The summed E-state index contributed by atoms with van der Waals surface area (Å²) in [6.07, 6.45) is 3.33. The molecule has 80 valence electrons. The van der Waals surface area contributed by atoms with Crippen LogP contribution in [-0.2, 0) is 9.53 Å². The van der Waals surface area contributed by atoms with E-state index < -0.39 is 12.1 Å². The number of esters is 1. The molecule has 0 fully saturated rings. The second-order valence-corrected chi connectivity index (χ2v) is 3.21. The average Bonchev–Trinajstić information content (AvgIpc) is 2.69. The first-order valence-corrected chi connectivity index (χ1v) is 4.66. The van der Waals surface area contributed by atoms with E-state index in [2.05, 4.69) is 13.2 Å². The summed E-state index contributed by atoms with van der Waals surface area (Å²) in [7, 11) is 0. The van der Waals surface area contributed by atoms with Crippen molar-refractivity contribution in [2.24, 2.45) is 0 Å². The zero-order valence-electron chi connectivity index (χ0n) is 8.73. The predicted molar refractivity (Wildman–Crippen MR) is 57.2 cm³/mol. The minimum atomic E-state index is -0.418. The summed E-state index contributed by atoms with van der Waals surface area (Å²) in [5, 5.41) is 0. The number of furan rings is 1. The average molecular weight is 206 g/mol. The largest absolute Gasteiger partial charge is 0.465 e. The monoisotopic (exact) mass is 206 g/mol. The van der Waals surface area contributed by atoms with Crippen molar-refractivity contribution in [3.63, 3.8) is 0 Å². The second kappa shape index (κ2) is 5.20. The van der Waals surface area contributed by atoms with Crippen molar-refractivity contribution >= 4 is 5.97 Å². The van der Waals surface area contributed by atoms with Crippen molar-refractivity contribution < 1.29 is 13.9 Å². The van der Waals surface area contributed by atoms with E-state index in [-0.39, 0.29) is 0 Å². The molecule has 0 N–H and O–H groups in total. The number of hydrogen-bond acceptors (Lipinski definition) is 3. The third-order valence-electron chi connectivity index (χ3n) is 1.84. The molecule has 15 heavy (non-hydrogen) atoms. The highest BCUT2D eigenvalue weighted by Crippen LogP contribution is 2.22. The molecule has 1 atom stereocenters. The van der Waals surface area contributed by atoms with Gasteiger partial charge in [0.25, 0.3) is 0 Å². The third-order valence-corrected chi connectivity index (χ3v) is 1.84. The molecule has 0 aliphatic rings. The van der Waals surface area contributed by atoms with E-state index in [0.29, 0.717) is 17.8 Å². The fourth-order valence-electron chi connectivity index (χ4n) is 1.08. The minimum Gasteiger partial charge on any atom is -0.465 e. The first-order valence-electron chi connectivity index (χ1n) is 4.66. The smallest absolute Gasteiger partial charge is 0.333 e. The molecule has 0 bridgehead atoms. The highest BCUT2D eigenvalue weighted by atomic mass is 16.6. The standard InChI is InChI=1S/C12H14O3/c1-4-6-11(10-7-5-8-14-10)15-12(13)9(2)3/h4-5,7-8,11H,1-2,6H2,3H3/t11-/m0/s1. The Balaban J connectivity index is 2.71. The van der Waals surface area contributed by atoms with E-state index in [9.17, 15) is 4.79 Å². The van der Waals surface area contributed by atoms with Crippen molar-refractivity contribution in [2.75, 3.05) is 0 Å². The summed E-state index contributed by atoms with van der Waals surface area (Å²) in [5.74, 6) is 0.197. The van der Waals surface area contributed by atoms with Gasteiger partial charge in [0.15, 0.2) is 6.10 Å². The van der Waals surface area contributed by atoms with Gasteiger partial charge in [0.2, 0.25) is 0 Å². The van der Waals surface area contributed by atoms with Crippen molar-refractivity contribution in [1.29, 1.82) is 0 Å².